The lowest BCUT2D eigenvalue weighted by Crippen LogP contribution is -2.23. The van der Waals surface area contributed by atoms with Crippen molar-refractivity contribution >= 4 is 11.4 Å². The van der Waals surface area contributed by atoms with Crippen LogP contribution in [0.5, 0.6) is 0 Å². The minimum absolute atomic E-state index is 0.203. The van der Waals surface area contributed by atoms with E-state index in [2.05, 4.69) is 20.4 Å². The maximum absolute atomic E-state index is 12.7. The summed E-state index contributed by atoms with van der Waals surface area (Å²) in [6.45, 7) is 3.92. The number of nitrogens with one attached hydrogen (secondary N) is 1. The Labute approximate surface area is 175 Å². The highest BCUT2D eigenvalue weighted by Gasteiger charge is 2.30. The van der Waals surface area contributed by atoms with Crippen LogP contribution in [0.4, 0.5) is 13.2 Å². The van der Waals surface area contributed by atoms with E-state index >= 15 is 0 Å². The first kappa shape index (κ1) is 20.5. The van der Waals surface area contributed by atoms with Gasteiger partial charge in [0.2, 0.25) is 0 Å². The van der Waals surface area contributed by atoms with E-state index in [0.29, 0.717) is 28.2 Å². The van der Waals surface area contributed by atoms with Crippen LogP contribution in [-0.4, -0.2) is 25.5 Å². The highest BCUT2D eigenvalue weighted by molar-refractivity contribution is 6.02. The first-order valence-electron chi connectivity index (χ1n) is 9.45. The molecule has 0 saturated heterocycles. The molecule has 4 aromatic rings. The molecule has 6 nitrogen and oxygen atoms in total. The Bertz CT molecular complexity index is 1250. The Kier molecular flexibility index (Phi) is 5.18. The Hall–Kier alpha value is -3.75. The van der Waals surface area contributed by atoms with Crippen molar-refractivity contribution < 1.29 is 18.0 Å². The summed E-state index contributed by atoms with van der Waals surface area (Å²) in [6.07, 6.45) is 0.489. The number of carbonyl (C=O) groups excluding carboxylic acids is 1. The lowest BCUT2D eigenvalue weighted by molar-refractivity contribution is -0.137. The predicted molar refractivity (Wildman–Crippen MR) is 108 cm³/mol. The number of fused-ring (bicyclic) bond motifs is 1. The van der Waals surface area contributed by atoms with E-state index in [4.69, 9.17) is 0 Å². The van der Waals surface area contributed by atoms with Crippen molar-refractivity contribution in [2.45, 2.75) is 26.6 Å². The van der Waals surface area contributed by atoms with Crippen LogP contribution in [0, 0.1) is 13.8 Å². The van der Waals surface area contributed by atoms with Crippen molar-refractivity contribution in [3.63, 3.8) is 0 Å². The zero-order chi connectivity index (χ0) is 22.2. The van der Waals surface area contributed by atoms with Crippen molar-refractivity contribution in [2.75, 3.05) is 0 Å². The lowest BCUT2D eigenvalue weighted by atomic mass is 10.1. The molecule has 3 heterocycles. The fourth-order valence-electron chi connectivity index (χ4n) is 3.22. The average Bonchev–Trinajstić information content (AvgIpc) is 3.07. The van der Waals surface area contributed by atoms with Gasteiger partial charge < -0.3 is 5.32 Å². The van der Waals surface area contributed by atoms with Gasteiger partial charge in [-0.2, -0.15) is 18.3 Å². The molecule has 0 spiro atoms. The Balaban J connectivity index is 1.46. The fourth-order valence-corrected chi connectivity index (χ4v) is 3.22. The Morgan fingerprint density at radius 3 is 2.39 bits per heavy atom. The second-order valence-corrected chi connectivity index (χ2v) is 7.17. The number of nitrogens with zero attached hydrogens (tertiary/aromatic N) is 4. The second-order valence-electron chi connectivity index (χ2n) is 7.17. The van der Waals surface area contributed by atoms with E-state index < -0.39 is 11.7 Å². The SMILES string of the molecule is Cc1ccn2nc(C)c(C(=O)NCc3cnc(-c4ccc(C(F)(F)F)cc4)nc3)c2c1. The number of benzene rings is 1. The third-order valence-electron chi connectivity index (χ3n) is 4.82. The monoisotopic (exact) mass is 425 g/mol. The van der Waals surface area contributed by atoms with Gasteiger partial charge in [-0.05, 0) is 43.7 Å². The molecule has 1 amide bonds. The van der Waals surface area contributed by atoms with Gasteiger partial charge in [0.25, 0.3) is 5.91 Å². The molecule has 0 unspecified atom stereocenters. The first-order chi connectivity index (χ1) is 14.7. The summed E-state index contributed by atoms with van der Waals surface area (Å²) in [6, 6.07) is 8.46. The molecule has 0 fully saturated rings. The smallest absolute Gasteiger partial charge is 0.348 e. The molecule has 1 N–H and O–H groups in total. The van der Waals surface area contributed by atoms with Crippen LogP contribution in [0.3, 0.4) is 0 Å². The van der Waals surface area contributed by atoms with E-state index in [-0.39, 0.29) is 12.5 Å². The van der Waals surface area contributed by atoms with Crippen molar-refractivity contribution in [3.05, 3.63) is 82.9 Å². The van der Waals surface area contributed by atoms with E-state index in [1.807, 2.05) is 25.3 Å². The average molecular weight is 425 g/mol. The molecule has 0 atom stereocenters. The third kappa shape index (κ3) is 4.25. The summed E-state index contributed by atoms with van der Waals surface area (Å²) >= 11 is 0. The van der Waals surface area contributed by atoms with Crippen LogP contribution >= 0.6 is 0 Å². The highest BCUT2D eigenvalue weighted by atomic mass is 19.4. The second kappa shape index (κ2) is 7.82. The number of rotatable bonds is 4. The quantitative estimate of drug-likeness (QED) is 0.528. The molecular weight excluding hydrogens is 407 g/mol. The predicted octanol–water partition coefficient (Wildman–Crippen LogP) is 4.36. The van der Waals surface area contributed by atoms with Gasteiger partial charge in [0, 0.05) is 36.3 Å². The van der Waals surface area contributed by atoms with Gasteiger partial charge in [-0.3, -0.25) is 4.79 Å². The molecule has 0 radical (unpaired) electrons. The largest absolute Gasteiger partial charge is 0.416 e. The molecule has 31 heavy (non-hydrogen) atoms. The van der Waals surface area contributed by atoms with E-state index in [1.54, 1.807) is 11.4 Å². The van der Waals surface area contributed by atoms with Crippen molar-refractivity contribution in [1.82, 2.24) is 24.9 Å². The van der Waals surface area contributed by atoms with Crippen LogP contribution in [0.1, 0.15) is 32.7 Å². The van der Waals surface area contributed by atoms with E-state index in [1.165, 1.54) is 24.5 Å². The Morgan fingerprint density at radius 2 is 1.74 bits per heavy atom. The number of hydrogen-bond acceptors (Lipinski definition) is 4. The molecule has 0 aliphatic rings. The number of hydrogen-bond donors (Lipinski definition) is 1. The summed E-state index contributed by atoms with van der Waals surface area (Å²) in [5.74, 6) is 0.0441. The Morgan fingerprint density at radius 1 is 1.06 bits per heavy atom. The molecule has 0 aliphatic heterocycles. The minimum Gasteiger partial charge on any atom is -0.348 e. The number of amides is 1. The molecule has 0 bridgehead atoms. The molecule has 158 valence electrons. The number of aromatic nitrogens is 4. The number of alkyl halides is 3. The van der Waals surface area contributed by atoms with Crippen LogP contribution in [0.25, 0.3) is 16.9 Å². The molecule has 1 aromatic carbocycles. The fraction of sp³-hybridized carbons (Fsp3) is 0.182. The van der Waals surface area contributed by atoms with Gasteiger partial charge in [-0.1, -0.05) is 12.1 Å². The minimum atomic E-state index is -4.39. The molecular formula is C22H18F3N5O. The number of pyridine rings is 1. The normalized spacial score (nSPS) is 11.6. The zero-order valence-electron chi connectivity index (χ0n) is 16.7. The van der Waals surface area contributed by atoms with Crippen molar-refractivity contribution in [1.29, 1.82) is 0 Å². The summed E-state index contributed by atoms with van der Waals surface area (Å²) in [4.78, 5) is 21.1. The number of aryl methyl sites for hydroxylation is 2. The van der Waals surface area contributed by atoms with Gasteiger partial charge in [0.05, 0.1) is 22.3 Å². The first-order valence-corrected chi connectivity index (χ1v) is 9.45. The van der Waals surface area contributed by atoms with Gasteiger partial charge in [0.15, 0.2) is 5.82 Å². The summed E-state index contributed by atoms with van der Waals surface area (Å²) in [7, 11) is 0. The van der Waals surface area contributed by atoms with Gasteiger partial charge in [-0.15, -0.1) is 0 Å². The molecule has 0 aliphatic carbocycles. The highest BCUT2D eigenvalue weighted by Crippen LogP contribution is 2.30. The third-order valence-corrected chi connectivity index (χ3v) is 4.82. The van der Waals surface area contributed by atoms with Crippen LogP contribution in [0.2, 0.25) is 0 Å². The summed E-state index contributed by atoms with van der Waals surface area (Å²) < 4.78 is 39.7. The maximum Gasteiger partial charge on any atom is 0.416 e. The van der Waals surface area contributed by atoms with Crippen molar-refractivity contribution in [3.8, 4) is 11.4 Å². The number of carbonyl (C=O) groups is 1. The van der Waals surface area contributed by atoms with E-state index in [0.717, 1.165) is 23.2 Å². The van der Waals surface area contributed by atoms with Gasteiger partial charge in [0.1, 0.15) is 0 Å². The molecule has 3 aromatic heterocycles. The standard InChI is InChI=1S/C22H18F3N5O/c1-13-7-8-30-18(9-13)19(14(2)29-30)21(31)28-12-15-10-26-20(27-11-15)16-3-5-17(6-4-16)22(23,24)25/h3-11H,12H2,1-2H3,(H,28,31). The lowest BCUT2D eigenvalue weighted by Gasteiger charge is -2.08. The number of halogens is 3. The van der Waals surface area contributed by atoms with E-state index in [9.17, 15) is 18.0 Å². The molecule has 0 saturated carbocycles. The zero-order valence-corrected chi connectivity index (χ0v) is 16.7. The summed E-state index contributed by atoms with van der Waals surface area (Å²) in [5.41, 5.74) is 3.28. The molecule has 4 rings (SSSR count). The van der Waals surface area contributed by atoms with Gasteiger partial charge in [-0.25, -0.2) is 14.5 Å². The van der Waals surface area contributed by atoms with Crippen LogP contribution in [0.15, 0.2) is 55.0 Å². The molecule has 9 heteroatoms. The van der Waals surface area contributed by atoms with Crippen LogP contribution < -0.4 is 5.32 Å². The topological polar surface area (TPSA) is 72.2 Å². The van der Waals surface area contributed by atoms with Crippen molar-refractivity contribution in [2.24, 2.45) is 0 Å². The van der Waals surface area contributed by atoms with Gasteiger partial charge >= 0.3 is 6.18 Å². The summed E-state index contributed by atoms with van der Waals surface area (Å²) in [5, 5.41) is 7.20. The van der Waals surface area contributed by atoms with Crippen LogP contribution in [-0.2, 0) is 12.7 Å². The maximum atomic E-state index is 12.7.